The molecule has 24 heavy (non-hydrogen) atoms. The Morgan fingerprint density at radius 2 is 1.83 bits per heavy atom. The van der Waals surface area contributed by atoms with Crippen molar-refractivity contribution in [1.29, 1.82) is 0 Å². The molecule has 126 valence electrons. The molecule has 2 rings (SSSR count). The lowest BCUT2D eigenvalue weighted by Crippen LogP contribution is -2.06. The van der Waals surface area contributed by atoms with Crippen LogP contribution in [0, 0.1) is 10.1 Å². The Kier molecular flexibility index (Phi) is 5.25. The number of nitro groups is 1. The standard InChI is InChI=1S/C16H14ClNO6/c1-22-13-7-6-12(17)15(23-2)14(13)10-5-4-9(18(20)21)8-11(10)16(19)24-3/h4-8H,1-3H3. The Morgan fingerprint density at radius 1 is 1.12 bits per heavy atom. The Morgan fingerprint density at radius 3 is 2.38 bits per heavy atom. The molecule has 0 amide bonds. The van der Waals surface area contributed by atoms with Crippen LogP contribution in [0.5, 0.6) is 11.5 Å². The summed E-state index contributed by atoms with van der Waals surface area (Å²) < 4.78 is 15.4. The molecule has 0 saturated heterocycles. The van der Waals surface area contributed by atoms with Gasteiger partial charge >= 0.3 is 5.97 Å². The Hall–Kier alpha value is -2.80. The highest BCUT2D eigenvalue weighted by Gasteiger charge is 2.24. The summed E-state index contributed by atoms with van der Waals surface area (Å²) in [6.07, 6.45) is 0. The highest BCUT2D eigenvalue weighted by molar-refractivity contribution is 6.32. The molecular weight excluding hydrogens is 338 g/mol. The summed E-state index contributed by atoms with van der Waals surface area (Å²) in [5.41, 5.74) is 0.524. The lowest BCUT2D eigenvalue weighted by Gasteiger charge is -2.16. The SMILES string of the molecule is COC(=O)c1cc([N+](=O)[O-])ccc1-c1c(OC)ccc(Cl)c1OC. The molecule has 0 aliphatic carbocycles. The number of esters is 1. The molecule has 0 unspecified atom stereocenters. The molecule has 2 aromatic carbocycles. The Bertz CT molecular complexity index is 805. The lowest BCUT2D eigenvalue weighted by atomic mass is 9.97. The van der Waals surface area contributed by atoms with Gasteiger partial charge < -0.3 is 14.2 Å². The maximum absolute atomic E-state index is 12.1. The van der Waals surface area contributed by atoms with Gasteiger partial charge in [-0.3, -0.25) is 10.1 Å². The Labute approximate surface area is 142 Å². The molecule has 7 nitrogen and oxygen atoms in total. The van der Waals surface area contributed by atoms with Crippen molar-refractivity contribution in [2.24, 2.45) is 0 Å². The number of rotatable bonds is 5. The van der Waals surface area contributed by atoms with Crippen molar-refractivity contribution in [3.05, 3.63) is 51.0 Å². The minimum Gasteiger partial charge on any atom is -0.496 e. The van der Waals surface area contributed by atoms with E-state index in [0.717, 1.165) is 6.07 Å². The van der Waals surface area contributed by atoms with Gasteiger partial charge in [0.15, 0.2) is 0 Å². The number of carbonyl (C=O) groups is 1. The van der Waals surface area contributed by atoms with Gasteiger partial charge in [-0.1, -0.05) is 11.6 Å². The van der Waals surface area contributed by atoms with E-state index in [-0.39, 0.29) is 17.0 Å². The zero-order valence-electron chi connectivity index (χ0n) is 13.2. The maximum Gasteiger partial charge on any atom is 0.338 e. The van der Waals surface area contributed by atoms with Crippen molar-refractivity contribution in [3.63, 3.8) is 0 Å². The fourth-order valence-electron chi connectivity index (χ4n) is 2.31. The second-order valence-electron chi connectivity index (χ2n) is 4.64. The number of ether oxygens (including phenoxy) is 3. The smallest absolute Gasteiger partial charge is 0.338 e. The summed E-state index contributed by atoms with van der Waals surface area (Å²) >= 11 is 6.15. The van der Waals surface area contributed by atoms with Crippen LogP contribution in [-0.4, -0.2) is 32.2 Å². The number of methoxy groups -OCH3 is 3. The number of hydrogen-bond acceptors (Lipinski definition) is 6. The van der Waals surface area contributed by atoms with Gasteiger partial charge in [-0.05, 0) is 18.2 Å². The first kappa shape index (κ1) is 17.6. The minimum atomic E-state index is -0.724. The largest absolute Gasteiger partial charge is 0.496 e. The van der Waals surface area contributed by atoms with Crippen molar-refractivity contribution < 1.29 is 23.9 Å². The van der Waals surface area contributed by atoms with Gasteiger partial charge in [-0.15, -0.1) is 0 Å². The number of non-ortho nitro benzene ring substituents is 1. The number of nitro benzene ring substituents is 1. The zero-order chi connectivity index (χ0) is 17.9. The lowest BCUT2D eigenvalue weighted by molar-refractivity contribution is -0.384. The van der Waals surface area contributed by atoms with Crippen molar-refractivity contribution in [1.82, 2.24) is 0 Å². The summed E-state index contributed by atoms with van der Waals surface area (Å²) in [6.45, 7) is 0. The van der Waals surface area contributed by atoms with Crippen molar-refractivity contribution in [2.75, 3.05) is 21.3 Å². The fourth-order valence-corrected chi connectivity index (χ4v) is 2.54. The average molecular weight is 352 g/mol. The second-order valence-corrected chi connectivity index (χ2v) is 5.04. The quantitative estimate of drug-likeness (QED) is 0.463. The number of hydrogen-bond donors (Lipinski definition) is 0. The topological polar surface area (TPSA) is 87.9 Å². The highest BCUT2D eigenvalue weighted by Crippen LogP contribution is 2.44. The summed E-state index contributed by atoms with van der Waals surface area (Å²) in [6, 6.07) is 7.05. The molecule has 2 aromatic rings. The van der Waals surface area contributed by atoms with Gasteiger partial charge in [-0.25, -0.2) is 4.79 Å². The monoisotopic (exact) mass is 351 g/mol. The van der Waals surface area contributed by atoms with E-state index in [1.165, 1.54) is 33.5 Å². The minimum absolute atomic E-state index is 0.00515. The second kappa shape index (κ2) is 7.18. The summed E-state index contributed by atoms with van der Waals surface area (Å²) in [4.78, 5) is 22.5. The van der Waals surface area contributed by atoms with E-state index in [4.69, 9.17) is 25.8 Å². The van der Waals surface area contributed by atoms with Crippen molar-refractivity contribution >= 4 is 23.3 Å². The molecule has 0 aromatic heterocycles. The molecule has 0 atom stereocenters. The van der Waals surface area contributed by atoms with Crippen molar-refractivity contribution in [3.8, 4) is 22.6 Å². The van der Waals surface area contributed by atoms with Gasteiger partial charge in [0.25, 0.3) is 5.69 Å². The molecule has 0 saturated carbocycles. The maximum atomic E-state index is 12.1. The first-order valence-corrected chi connectivity index (χ1v) is 7.10. The van der Waals surface area contributed by atoms with Crippen LogP contribution in [0.4, 0.5) is 5.69 Å². The van der Waals surface area contributed by atoms with Crippen LogP contribution in [0.2, 0.25) is 5.02 Å². The van der Waals surface area contributed by atoms with E-state index in [1.54, 1.807) is 12.1 Å². The van der Waals surface area contributed by atoms with Crippen molar-refractivity contribution in [2.45, 2.75) is 0 Å². The van der Waals surface area contributed by atoms with E-state index < -0.39 is 10.9 Å². The molecule has 0 spiro atoms. The molecular formula is C16H14ClNO6. The van der Waals surface area contributed by atoms with Gasteiger partial charge in [-0.2, -0.15) is 0 Å². The molecule has 0 aliphatic rings. The molecule has 0 aliphatic heterocycles. The third-order valence-electron chi connectivity index (χ3n) is 3.38. The van der Waals surface area contributed by atoms with E-state index in [0.29, 0.717) is 21.9 Å². The first-order valence-electron chi connectivity index (χ1n) is 6.72. The van der Waals surface area contributed by atoms with Crippen LogP contribution in [0.3, 0.4) is 0 Å². The van der Waals surface area contributed by atoms with E-state index in [1.807, 2.05) is 0 Å². The van der Waals surface area contributed by atoms with Crippen LogP contribution in [0.1, 0.15) is 10.4 Å². The average Bonchev–Trinajstić information content (AvgIpc) is 2.60. The van der Waals surface area contributed by atoms with Gasteiger partial charge in [0.2, 0.25) is 0 Å². The van der Waals surface area contributed by atoms with Gasteiger partial charge in [0.05, 0.1) is 42.4 Å². The van der Waals surface area contributed by atoms with Crippen LogP contribution >= 0.6 is 11.6 Å². The fraction of sp³-hybridized carbons (Fsp3) is 0.188. The van der Waals surface area contributed by atoms with Crippen LogP contribution < -0.4 is 9.47 Å². The van der Waals surface area contributed by atoms with Crippen LogP contribution in [0.15, 0.2) is 30.3 Å². The van der Waals surface area contributed by atoms with E-state index in [2.05, 4.69) is 0 Å². The Balaban J connectivity index is 2.84. The van der Waals surface area contributed by atoms with Gasteiger partial charge in [0.1, 0.15) is 11.5 Å². The van der Waals surface area contributed by atoms with E-state index >= 15 is 0 Å². The van der Waals surface area contributed by atoms with Crippen LogP contribution in [-0.2, 0) is 4.74 Å². The van der Waals surface area contributed by atoms with E-state index in [9.17, 15) is 14.9 Å². The molecule has 0 radical (unpaired) electrons. The number of nitrogens with zero attached hydrogens (tertiary/aromatic N) is 1. The van der Waals surface area contributed by atoms with Gasteiger partial charge in [0, 0.05) is 17.7 Å². The molecule has 0 fully saturated rings. The zero-order valence-corrected chi connectivity index (χ0v) is 13.9. The molecule has 0 N–H and O–H groups in total. The predicted molar refractivity (Wildman–Crippen MR) is 88.0 cm³/mol. The number of carbonyl (C=O) groups excluding carboxylic acids is 1. The summed E-state index contributed by atoms with van der Waals surface area (Å²) in [5.74, 6) is -0.0388. The first-order chi connectivity index (χ1) is 11.4. The molecule has 0 heterocycles. The third-order valence-corrected chi connectivity index (χ3v) is 3.68. The van der Waals surface area contributed by atoms with Crippen LogP contribution in [0.25, 0.3) is 11.1 Å². The third kappa shape index (κ3) is 3.11. The number of halogens is 1. The molecule has 0 bridgehead atoms. The molecule has 8 heteroatoms. The number of benzene rings is 2. The predicted octanol–water partition coefficient (Wildman–Crippen LogP) is 3.72. The summed E-state index contributed by atoms with van der Waals surface area (Å²) in [5, 5.41) is 11.3. The normalized spacial score (nSPS) is 10.2. The highest BCUT2D eigenvalue weighted by atomic mass is 35.5. The summed E-state index contributed by atoms with van der Waals surface area (Å²) in [7, 11) is 4.07.